The first-order valence-electron chi connectivity index (χ1n) is 10.1. The van der Waals surface area contributed by atoms with Gasteiger partial charge in [0.1, 0.15) is 6.04 Å². The Balaban J connectivity index is 1.73. The molecule has 0 aliphatic rings. The Labute approximate surface area is 203 Å². The molecule has 0 saturated carbocycles. The zero-order valence-corrected chi connectivity index (χ0v) is 19.8. The van der Waals surface area contributed by atoms with Gasteiger partial charge >= 0.3 is 0 Å². The van der Waals surface area contributed by atoms with Crippen LogP contribution in [0.4, 0.5) is 0 Å². The molecule has 4 nitrogen and oxygen atoms in total. The molecule has 166 valence electrons. The molecule has 0 aromatic heterocycles. The summed E-state index contributed by atoms with van der Waals surface area (Å²) in [6, 6.07) is 21.1. The lowest BCUT2D eigenvalue weighted by Crippen LogP contribution is -2.48. The Morgan fingerprint density at radius 1 is 0.875 bits per heavy atom. The molecule has 0 heterocycles. The van der Waals surface area contributed by atoms with Crippen LogP contribution in [0.15, 0.2) is 72.8 Å². The normalized spacial score (nSPS) is 11.6. The fourth-order valence-corrected chi connectivity index (χ4v) is 3.84. The molecule has 0 fully saturated rings. The van der Waals surface area contributed by atoms with E-state index in [4.69, 9.17) is 34.8 Å². The van der Waals surface area contributed by atoms with Crippen molar-refractivity contribution in [1.82, 2.24) is 10.2 Å². The van der Waals surface area contributed by atoms with E-state index in [1.165, 1.54) is 0 Å². The molecule has 0 spiro atoms. The minimum absolute atomic E-state index is 0.150. The highest BCUT2D eigenvalue weighted by molar-refractivity contribution is 6.35. The van der Waals surface area contributed by atoms with Crippen LogP contribution in [0, 0.1) is 0 Å². The molecule has 0 aliphatic heterocycles. The molecule has 0 unspecified atom stereocenters. The van der Waals surface area contributed by atoms with Crippen LogP contribution < -0.4 is 5.32 Å². The summed E-state index contributed by atoms with van der Waals surface area (Å²) in [6.45, 7) is 2.29. The number of hydrogen-bond acceptors (Lipinski definition) is 2. The Morgan fingerprint density at radius 2 is 1.53 bits per heavy atom. The highest BCUT2D eigenvalue weighted by atomic mass is 35.5. The van der Waals surface area contributed by atoms with Crippen molar-refractivity contribution in [2.45, 2.75) is 32.5 Å². The van der Waals surface area contributed by atoms with Crippen LogP contribution >= 0.6 is 34.8 Å². The number of halogens is 3. The van der Waals surface area contributed by atoms with E-state index in [2.05, 4.69) is 5.32 Å². The van der Waals surface area contributed by atoms with E-state index >= 15 is 0 Å². The summed E-state index contributed by atoms with van der Waals surface area (Å²) in [5.41, 5.74) is 2.52. The van der Waals surface area contributed by atoms with Gasteiger partial charge in [-0.2, -0.15) is 0 Å². The third-order valence-electron chi connectivity index (χ3n) is 5.10. The monoisotopic (exact) mass is 488 g/mol. The predicted octanol–water partition coefficient (Wildman–Crippen LogP) is 5.92. The SMILES string of the molecule is C[C@@H](C(=O)NCc1ccc(Cl)cc1Cl)N(Cc1ccccc1)C(=O)Cc1ccc(Cl)cc1. The Morgan fingerprint density at radius 3 is 2.19 bits per heavy atom. The lowest BCUT2D eigenvalue weighted by Gasteiger charge is -2.29. The maximum absolute atomic E-state index is 13.2. The van der Waals surface area contributed by atoms with Crippen molar-refractivity contribution in [1.29, 1.82) is 0 Å². The molecule has 1 N–H and O–H groups in total. The maximum atomic E-state index is 13.2. The predicted molar refractivity (Wildman–Crippen MR) is 130 cm³/mol. The summed E-state index contributed by atoms with van der Waals surface area (Å²) >= 11 is 18.1. The van der Waals surface area contributed by atoms with Crippen molar-refractivity contribution in [2.24, 2.45) is 0 Å². The molecule has 0 aliphatic carbocycles. The van der Waals surface area contributed by atoms with E-state index in [-0.39, 0.29) is 24.8 Å². The van der Waals surface area contributed by atoms with Crippen molar-refractivity contribution in [3.63, 3.8) is 0 Å². The summed E-state index contributed by atoms with van der Waals surface area (Å²) < 4.78 is 0. The van der Waals surface area contributed by atoms with Crippen molar-refractivity contribution in [3.8, 4) is 0 Å². The molecule has 0 bridgehead atoms. The number of hydrogen-bond donors (Lipinski definition) is 1. The van der Waals surface area contributed by atoms with Gasteiger partial charge in [-0.1, -0.05) is 83.3 Å². The second-order valence-corrected chi connectivity index (χ2v) is 8.72. The molecule has 3 aromatic rings. The number of benzene rings is 3. The molecular weight excluding hydrogens is 467 g/mol. The fourth-order valence-electron chi connectivity index (χ4n) is 3.24. The molecule has 1 atom stereocenters. The van der Waals surface area contributed by atoms with Gasteiger partial charge in [0.25, 0.3) is 0 Å². The second-order valence-electron chi connectivity index (χ2n) is 7.44. The van der Waals surface area contributed by atoms with Gasteiger partial charge in [-0.05, 0) is 47.9 Å². The third-order valence-corrected chi connectivity index (χ3v) is 5.94. The topological polar surface area (TPSA) is 49.4 Å². The van der Waals surface area contributed by atoms with E-state index in [1.54, 1.807) is 42.2 Å². The Bertz CT molecular complexity index is 1070. The number of amides is 2. The largest absolute Gasteiger partial charge is 0.350 e. The first-order valence-corrected chi connectivity index (χ1v) is 11.3. The van der Waals surface area contributed by atoms with Crippen molar-refractivity contribution < 1.29 is 9.59 Å². The summed E-state index contributed by atoms with van der Waals surface area (Å²) in [5, 5.41) is 4.49. The Kier molecular flexibility index (Phi) is 8.57. The summed E-state index contributed by atoms with van der Waals surface area (Å²) in [5.74, 6) is -0.417. The number of carbonyl (C=O) groups excluding carboxylic acids is 2. The van der Waals surface area contributed by atoms with Crippen LogP contribution in [0.2, 0.25) is 15.1 Å². The zero-order valence-electron chi connectivity index (χ0n) is 17.5. The van der Waals surface area contributed by atoms with E-state index in [0.717, 1.165) is 16.7 Å². The average Bonchev–Trinajstić information content (AvgIpc) is 2.78. The lowest BCUT2D eigenvalue weighted by atomic mass is 10.1. The van der Waals surface area contributed by atoms with Crippen LogP contribution in [0.25, 0.3) is 0 Å². The van der Waals surface area contributed by atoms with Crippen LogP contribution in [0.5, 0.6) is 0 Å². The van der Waals surface area contributed by atoms with Crippen LogP contribution in [0.1, 0.15) is 23.6 Å². The zero-order chi connectivity index (χ0) is 23.1. The van der Waals surface area contributed by atoms with Crippen molar-refractivity contribution >= 4 is 46.6 Å². The summed E-state index contributed by atoms with van der Waals surface area (Å²) in [6.07, 6.45) is 0.171. The van der Waals surface area contributed by atoms with Crippen molar-refractivity contribution in [3.05, 3.63) is 105 Å². The number of nitrogens with one attached hydrogen (secondary N) is 1. The van der Waals surface area contributed by atoms with E-state index in [1.807, 2.05) is 42.5 Å². The van der Waals surface area contributed by atoms with Crippen molar-refractivity contribution in [2.75, 3.05) is 0 Å². The first-order chi connectivity index (χ1) is 15.3. The van der Waals surface area contributed by atoms with E-state index in [0.29, 0.717) is 21.6 Å². The van der Waals surface area contributed by atoms with Gasteiger partial charge < -0.3 is 10.2 Å². The standard InChI is InChI=1S/C25H23Cl3N2O2/c1-17(25(32)29-15-20-9-12-22(27)14-23(20)28)30(16-19-5-3-2-4-6-19)24(31)13-18-7-10-21(26)11-8-18/h2-12,14,17H,13,15-16H2,1H3,(H,29,32)/t17-/m0/s1. The van der Waals surface area contributed by atoms with Crippen LogP contribution in [-0.4, -0.2) is 22.8 Å². The van der Waals surface area contributed by atoms with Gasteiger partial charge in [-0.25, -0.2) is 0 Å². The number of rotatable bonds is 8. The highest BCUT2D eigenvalue weighted by Crippen LogP contribution is 2.21. The molecule has 2 amide bonds. The molecule has 0 radical (unpaired) electrons. The van der Waals surface area contributed by atoms with Gasteiger partial charge in [0.2, 0.25) is 11.8 Å². The maximum Gasteiger partial charge on any atom is 0.242 e. The highest BCUT2D eigenvalue weighted by Gasteiger charge is 2.26. The van der Waals surface area contributed by atoms with Crippen LogP contribution in [-0.2, 0) is 29.1 Å². The second kappa shape index (κ2) is 11.4. The summed E-state index contributed by atoms with van der Waals surface area (Å²) in [7, 11) is 0. The van der Waals surface area contributed by atoms with Gasteiger partial charge in [0, 0.05) is 28.2 Å². The Hall–Kier alpha value is -2.53. The smallest absolute Gasteiger partial charge is 0.242 e. The first kappa shape index (κ1) is 24.1. The van der Waals surface area contributed by atoms with Gasteiger partial charge in [0.15, 0.2) is 0 Å². The minimum atomic E-state index is -0.680. The van der Waals surface area contributed by atoms with Gasteiger partial charge in [-0.15, -0.1) is 0 Å². The summed E-state index contributed by atoms with van der Waals surface area (Å²) in [4.78, 5) is 27.7. The molecule has 3 aromatic carbocycles. The quantitative estimate of drug-likeness (QED) is 0.427. The molecular formula is C25H23Cl3N2O2. The lowest BCUT2D eigenvalue weighted by molar-refractivity contribution is -0.140. The van der Waals surface area contributed by atoms with E-state index < -0.39 is 6.04 Å². The van der Waals surface area contributed by atoms with Gasteiger partial charge in [0.05, 0.1) is 6.42 Å². The average molecular weight is 490 g/mol. The minimum Gasteiger partial charge on any atom is -0.350 e. The van der Waals surface area contributed by atoms with Crippen LogP contribution in [0.3, 0.4) is 0 Å². The van der Waals surface area contributed by atoms with E-state index in [9.17, 15) is 9.59 Å². The van der Waals surface area contributed by atoms with Gasteiger partial charge in [-0.3, -0.25) is 9.59 Å². The molecule has 3 rings (SSSR count). The number of carbonyl (C=O) groups is 2. The number of nitrogens with zero attached hydrogens (tertiary/aromatic N) is 1. The molecule has 7 heteroatoms. The third kappa shape index (κ3) is 6.73. The molecule has 0 saturated heterocycles. The molecule has 32 heavy (non-hydrogen) atoms. The fraction of sp³-hybridized carbons (Fsp3) is 0.200.